The molecule has 1 N–H and O–H groups in total. The number of hydrogen-bond donors (Lipinski definition) is 1. The number of fused-ring (bicyclic) bond motifs is 1. The van der Waals surface area contributed by atoms with Crippen molar-refractivity contribution in [2.24, 2.45) is 13.0 Å². The maximum absolute atomic E-state index is 10.6. The van der Waals surface area contributed by atoms with Crippen molar-refractivity contribution in [1.29, 1.82) is 0 Å². The minimum atomic E-state index is -5.08. The van der Waals surface area contributed by atoms with Crippen LogP contribution in [0.4, 0.5) is 13.2 Å². The molecule has 0 radical (unpaired) electrons. The topological polar surface area (TPSA) is 101 Å². The van der Waals surface area contributed by atoms with Gasteiger partial charge in [-0.2, -0.15) is 18.3 Å². The van der Waals surface area contributed by atoms with Crippen LogP contribution in [0, 0.1) is 5.92 Å². The average Bonchev–Trinajstić information content (AvgIpc) is 3.29. The summed E-state index contributed by atoms with van der Waals surface area (Å²) in [5.74, 6) is 0.419. The van der Waals surface area contributed by atoms with Gasteiger partial charge in [0.05, 0.1) is 6.20 Å². The molecule has 12 heteroatoms. The molecule has 0 aromatic carbocycles. The van der Waals surface area contributed by atoms with Crippen molar-refractivity contribution >= 4 is 11.7 Å². The highest BCUT2D eigenvalue weighted by Crippen LogP contribution is 2.33. The number of nitrogens with zero attached hydrogens (tertiary/aromatic N) is 7. The first-order chi connectivity index (χ1) is 15.2. The van der Waals surface area contributed by atoms with Crippen LogP contribution in [0.1, 0.15) is 37.4 Å². The van der Waals surface area contributed by atoms with Gasteiger partial charge in [0.2, 0.25) is 0 Å². The fraction of sp³-hybridized carbons (Fsp3) is 0.550. The number of hydrogen-bond acceptors (Lipinski definition) is 6. The molecule has 1 saturated carbocycles. The lowest BCUT2D eigenvalue weighted by molar-refractivity contribution is -0.192. The van der Waals surface area contributed by atoms with E-state index in [1.165, 1.54) is 32.5 Å². The molecule has 0 amide bonds. The molecular formula is C20H24F3N7O2. The van der Waals surface area contributed by atoms with Gasteiger partial charge in [0.25, 0.3) is 5.78 Å². The Bertz CT molecular complexity index is 1080. The predicted octanol–water partition coefficient (Wildman–Crippen LogP) is 2.75. The normalized spacial score (nSPS) is 17.9. The second-order valence-electron chi connectivity index (χ2n) is 8.29. The third-order valence-electron chi connectivity index (χ3n) is 5.74. The zero-order chi connectivity index (χ0) is 22.9. The molecule has 0 unspecified atom stereocenters. The summed E-state index contributed by atoms with van der Waals surface area (Å²) < 4.78 is 35.6. The van der Waals surface area contributed by atoms with Crippen molar-refractivity contribution in [2.75, 3.05) is 19.6 Å². The lowest BCUT2D eigenvalue weighted by Crippen LogP contribution is -2.34. The number of aromatic nitrogens is 6. The summed E-state index contributed by atoms with van der Waals surface area (Å²) >= 11 is 0. The second-order valence-corrected chi connectivity index (χ2v) is 8.29. The van der Waals surface area contributed by atoms with Crippen LogP contribution in [-0.4, -0.2) is 71.1 Å². The molecule has 32 heavy (non-hydrogen) atoms. The van der Waals surface area contributed by atoms with E-state index in [2.05, 4.69) is 35.8 Å². The van der Waals surface area contributed by atoms with E-state index < -0.39 is 12.1 Å². The Labute approximate surface area is 181 Å². The molecule has 2 fully saturated rings. The number of aryl methyl sites for hydroxylation is 1. The zero-order valence-electron chi connectivity index (χ0n) is 17.5. The summed E-state index contributed by atoms with van der Waals surface area (Å²) in [4.78, 5) is 16.0. The number of carboxylic acids is 1. The number of carboxylic acid groups (broad SMARTS) is 1. The molecule has 9 nitrogen and oxygen atoms in total. The van der Waals surface area contributed by atoms with Gasteiger partial charge >= 0.3 is 12.1 Å². The Kier molecular flexibility index (Phi) is 6.13. The maximum Gasteiger partial charge on any atom is 0.490 e. The first-order valence-corrected chi connectivity index (χ1v) is 10.4. The smallest absolute Gasteiger partial charge is 0.475 e. The first kappa shape index (κ1) is 22.2. The van der Waals surface area contributed by atoms with Gasteiger partial charge in [-0.15, -0.1) is 10.2 Å². The Morgan fingerprint density at radius 1 is 1.09 bits per heavy atom. The van der Waals surface area contributed by atoms with Gasteiger partial charge in [-0.3, -0.25) is 9.08 Å². The lowest BCUT2D eigenvalue weighted by Gasteiger charge is -2.31. The third kappa shape index (κ3) is 5.23. The zero-order valence-corrected chi connectivity index (χ0v) is 17.5. The van der Waals surface area contributed by atoms with Crippen molar-refractivity contribution in [3.8, 4) is 11.1 Å². The SMILES string of the molecule is Cn1cc(-c2cnc3nnc(C4CCN(CC5CC5)CC4)n3c2)cn1.O=C(O)C(F)(F)F. The third-order valence-corrected chi connectivity index (χ3v) is 5.74. The molecule has 3 aromatic heterocycles. The minimum Gasteiger partial charge on any atom is -0.475 e. The van der Waals surface area contributed by atoms with E-state index in [1.54, 1.807) is 0 Å². The molecule has 172 valence electrons. The largest absolute Gasteiger partial charge is 0.490 e. The van der Waals surface area contributed by atoms with Crippen LogP contribution >= 0.6 is 0 Å². The molecule has 2 aliphatic rings. The Morgan fingerprint density at radius 3 is 2.31 bits per heavy atom. The Balaban J connectivity index is 0.000000307. The minimum absolute atomic E-state index is 0.469. The number of aliphatic carboxylic acids is 1. The molecule has 1 aliphatic carbocycles. The van der Waals surface area contributed by atoms with E-state index >= 15 is 0 Å². The Morgan fingerprint density at radius 2 is 1.75 bits per heavy atom. The van der Waals surface area contributed by atoms with E-state index in [1.807, 2.05) is 30.3 Å². The van der Waals surface area contributed by atoms with Crippen molar-refractivity contribution in [3.05, 3.63) is 30.6 Å². The van der Waals surface area contributed by atoms with Crippen molar-refractivity contribution in [2.45, 2.75) is 37.8 Å². The highest BCUT2D eigenvalue weighted by molar-refractivity contribution is 5.73. The fourth-order valence-corrected chi connectivity index (χ4v) is 3.84. The van der Waals surface area contributed by atoms with Gasteiger partial charge in [-0.05, 0) is 44.7 Å². The fourth-order valence-electron chi connectivity index (χ4n) is 3.84. The number of likely N-dealkylation sites (tertiary alicyclic amines) is 1. The van der Waals surface area contributed by atoms with Crippen LogP contribution in [0.25, 0.3) is 16.9 Å². The Hall–Kier alpha value is -3.02. The summed E-state index contributed by atoms with van der Waals surface area (Å²) in [6.07, 6.45) is 7.91. The number of alkyl halides is 3. The van der Waals surface area contributed by atoms with E-state index in [9.17, 15) is 13.2 Å². The first-order valence-electron chi connectivity index (χ1n) is 10.4. The van der Waals surface area contributed by atoms with Gasteiger partial charge in [0.15, 0.2) is 0 Å². The quantitative estimate of drug-likeness (QED) is 0.651. The molecule has 1 aliphatic heterocycles. The predicted molar refractivity (Wildman–Crippen MR) is 108 cm³/mol. The lowest BCUT2D eigenvalue weighted by atomic mass is 9.96. The highest BCUT2D eigenvalue weighted by atomic mass is 19.4. The standard InChI is InChI=1S/C18H23N7.C2HF3O2/c1-23-11-16(9-20-23)15-8-19-18-22-21-17(25(18)12-15)14-4-6-24(7-5-14)10-13-2-3-13;3-2(4,5)1(6)7/h8-9,11-14H,2-7,10H2,1H3;(H,6,7). The van der Waals surface area contributed by atoms with E-state index in [-0.39, 0.29) is 0 Å². The molecule has 5 rings (SSSR count). The summed E-state index contributed by atoms with van der Waals surface area (Å²) in [6.45, 7) is 3.64. The molecule has 0 bridgehead atoms. The monoisotopic (exact) mass is 451 g/mol. The van der Waals surface area contributed by atoms with Gasteiger partial charge < -0.3 is 10.0 Å². The summed E-state index contributed by atoms with van der Waals surface area (Å²) in [5.41, 5.74) is 2.11. The second kappa shape index (κ2) is 8.85. The molecule has 4 heterocycles. The summed E-state index contributed by atoms with van der Waals surface area (Å²) in [7, 11) is 1.93. The molecule has 3 aromatic rings. The van der Waals surface area contributed by atoms with Crippen molar-refractivity contribution < 1.29 is 23.1 Å². The van der Waals surface area contributed by atoms with Crippen LogP contribution in [0.3, 0.4) is 0 Å². The summed E-state index contributed by atoms with van der Waals surface area (Å²) in [5, 5.41) is 20.1. The van der Waals surface area contributed by atoms with Crippen LogP contribution in [0.2, 0.25) is 0 Å². The van der Waals surface area contributed by atoms with E-state index in [0.717, 1.165) is 35.7 Å². The van der Waals surface area contributed by atoms with Crippen LogP contribution < -0.4 is 0 Å². The van der Waals surface area contributed by atoms with Gasteiger partial charge in [-0.1, -0.05) is 0 Å². The van der Waals surface area contributed by atoms with Gasteiger partial charge in [0, 0.05) is 49.2 Å². The van der Waals surface area contributed by atoms with Gasteiger partial charge in [-0.25, -0.2) is 9.78 Å². The van der Waals surface area contributed by atoms with E-state index in [4.69, 9.17) is 9.90 Å². The van der Waals surface area contributed by atoms with E-state index in [0.29, 0.717) is 11.7 Å². The molecular weight excluding hydrogens is 427 g/mol. The number of piperidine rings is 1. The van der Waals surface area contributed by atoms with Crippen molar-refractivity contribution in [3.63, 3.8) is 0 Å². The molecule has 0 spiro atoms. The highest BCUT2D eigenvalue weighted by Gasteiger charge is 2.38. The number of halogens is 3. The van der Waals surface area contributed by atoms with Crippen LogP contribution in [0.15, 0.2) is 24.8 Å². The van der Waals surface area contributed by atoms with Gasteiger partial charge in [0.1, 0.15) is 5.82 Å². The van der Waals surface area contributed by atoms with Crippen LogP contribution in [-0.2, 0) is 11.8 Å². The summed E-state index contributed by atoms with van der Waals surface area (Å²) in [6, 6.07) is 0. The number of carbonyl (C=O) groups is 1. The van der Waals surface area contributed by atoms with Crippen LogP contribution in [0.5, 0.6) is 0 Å². The molecule has 0 atom stereocenters. The average molecular weight is 451 g/mol. The number of rotatable bonds is 4. The molecule has 1 saturated heterocycles. The maximum atomic E-state index is 10.6. The van der Waals surface area contributed by atoms with Crippen molar-refractivity contribution in [1.82, 2.24) is 34.3 Å².